The summed E-state index contributed by atoms with van der Waals surface area (Å²) >= 11 is 0. The molecule has 0 aromatic carbocycles. The van der Waals surface area contributed by atoms with Crippen LogP contribution in [0.25, 0.3) is 0 Å². The number of aliphatic carboxylic acids is 1. The Labute approximate surface area is 131 Å². The molecule has 21 heavy (non-hydrogen) atoms. The number of hydrogen-bond donors (Lipinski definition) is 1. The Morgan fingerprint density at radius 3 is 2.38 bits per heavy atom. The zero-order chi connectivity index (χ0) is 15.3. The van der Waals surface area contributed by atoms with E-state index in [9.17, 15) is 4.79 Å². The number of unbranched alkanes of at least 4 members (excludes halogenated alkanes) is 7. The summed E-state index contributed by atoms with van der Waals surface area (Å²) in [5.41, 5.74) is 0. The molecule has 0 aromatic heterocycles. The largest absolute Gasteiger partial charge is 0.481 e. The Morgan fingerprint density at radius 2 is 1.71 bits per heavy atom. The normalized spacial score (nSPS) is 19.8. The number of hydrogen-bond acceptors (Lipinski definition) is 2. The lowest BCUT2D eigenvalue weighted by atomic mass is 9.97. The molecule has 1 aliphatic heterocycles. The lowest BCUT2D eigenvalue weighted by Crippen LogP contribution is -2.40. The van der Waals surface area contributed by atoms with Gasteiger partial charge < -0.3 is 10.0 Å². The lowest BCUT2D eigenvalue weighted by Gasteiger charge is -2.35. The number of rotatable bonds is 12. The first kappa shape index (κ1) is 18.5. The minimum Gasteiger partial charge on any atom is -0.481 e. The second kappa shape index (κ2) is 12.0. The second-order valence-electron chi connectivity index (χ2n) is 6.59. The molecule has 124 valence electrons. The lowest BCUT2D eigenvalue weighted by molar-refractivity contribution is -0.137. The van der Waals surface area contributed by atoms with Gasteiger partial charge in [-0.25, -0.2) is 0 Å². The predicted octanol–water partition coefficient (Wildman–Crippen LogP) is 4.85. The number of carboxylic acid groups (broad SMARTS) is 1. The van der Waals surface area contributed by atoms with Gasteiger partial charge in [0.15, 0.2) is 0 Å². The van der Waals surface area contributed by atoms with E-state index < -0.39 is 5.97 Å². The molecule has 0 amide bonds. The van der Waals surface area contributed by atoms with E-state index in [0.29, 0.717) is 12.5 Å². The van der Waals surface area contributed by atoms with Gasteiger partial charge in [0.05, 0.1) is 0 Å². The fraction of sp³-hybridized carbons (Fsp3) is 0.944. The highest BCUT2D eigenvalue weighted by molar-refractivity contribution is 5.66. The summed E-state index contributed by atoms with van der Waals surface area (Å²) in [6.45, 7) is 4.62. The average molecular weight is 297 g/mol. The molecule has 1 unspecified atom stereocenters. The molecule has 1 saturated heterocycles. The third kappa shape index (κ3) is 9.13. The van der Waals surface area contributed by atoms with Crippen LogP contribution in [-0.4, -0.2) is 35.1 Å². The number of nitrogens with zero attached hydrogens (tertiary/aromatic N) is 1. The molecule has 0 aliphatic carbocycles. The van der Waals surface area contributed by atoms with E-state index >= 15 is 0 Å². The van der Waals surface area contributed by atoms with Crippen molar-refractivity contribution in [3.63, 3.8) is 0 Å². The van der Waals surface area contributed by atoms with Crippen molar-refractivity contribution in [1.29, 1.82) is 0 Å². The molecule has 0 spiro atoms. The standard InChI is InChI=1S/C18H35NO2/c1-2-3-4-5-6-7-8-10-15-19-16-11-9-12-17(19)13-14-18(20)21/h17H,2-16H2,1H3,(H,20,21). The van der Waals surface area contributed by atoms with E-state index in [2.05, 4.69) is 11.8 Å². The molecular weight excluding hydrogens is 262 g/mol. The Bertz CT molecular complexity index is 268. The van der Waals surface area contributed by atoms with Gasteiger partial charge in [-0.15, -0.1) is 0 Å². The van der Waals surface area contributed by atoms with Crippen molar-refractivity contribution in [1.82, 2.24) is 4.90 Å². The van der Waals surface area contributed by atoms with Crippen LogP contribution >= 0.6 is 0 Å². The Balaban J connectivity index is 2.06. The van der Waals surface area contributed by atoms with E-state index in [-0.39, 0.29) is 0 Å². The van der Waals surface area contributed by atoms with E-state index in [4.69, 9.17) is 5.11 Å². The van der Waals surface area contributed by atoms with Crippen LogP contribution in [0.2, 0.25) is 0 Å². The first-order chi connectivity index (χ1) is 10.2. The van der Waals surface area contributed by atoms with Crippen LogP contribution in [0.1, 0.15) is 90.4 Å². The van der Waals surface area contributed by atoms with Gasteiger partial charge >= 0.3 is 5.97 Å². The maximum Gasteiger partial charge on any atom is 0.303 e. The first-order valence-corrected chi connectivity index (χ1v) is 9.20. The smallest absolute Gasteiger partial charge is 0.303 e. The number of carboxylic acids is 1. The van der Waals surface area contributed by atoms with Crippen molar-refractivity contribution in [2.45, 2.75) is 96.4 Å². The van der Waals surface area contributed by atoms with Gasteiger partial charge in [-0.05, 0) is 38.8 Å². The molecule has 0 saturated carbocycles. The van der Waals surface area contributed by atoms with Crippen LogP contribution in [0.15, 0.2) is 0 Å². The van der Waals surface area contributed by atoms with Gasteiger partial charge in [0.1, 0.15) is 0 Å². The fourth-order valence-corrected chi connectivity index (χ4v) is 3.42. The highest BCUT2D eigenvalue weighted by Crippen LogP contribution is 2.21. The average Bonchev–Trinajstić information content (AvgIpc) is 2.48. The van der Waals surface area contributed by atoms with Gasteiger partial charge in [0, 0.05) is 12.5 Å². The Hall–Kier alpha value is -0.570. The summed E-state index contributed by atoms with van der Waals surface area (Å²) in [5, 5.41) is 8.85. The molecule has 1 N–H and O–H groups in total. The summed E-state index contributed by atoms with van der Waals surface area (Å²) in [5.74, 6) is -0.646. The monoisotopic (exact) mass is 297 g/mol. The highest BCUT2D eigenvalue weighted by atomic mass is 16.4. The number of piperidine rings is 1. The van der Waals surface area contributed by atoms with E-state index in [1.54, 1.807) is 0 Å². The molecule has 3 nitrogen and oxygen atoms in total. The van der Waals surface area contributed by atoms with Crippen molar-refractivity contribution in [3.05, 3.63) is 0 Å². The van der Waals surface area contributed by atoms with E-state index in [1.807, 2.05) is 0 Å². The maximum absolute atomic E-state index is 10.7. The Kier molecular flexibility index (Phi) is 10.6. The summed E-state index contributed by atoms with van der Waals surface area (Å²) in [7, 11) is 0. The van der Waals surface area contributed by atoms with Crippen LogP contribution in [0.3, 0.4) is 0 Å². The SMILES string of the molecule is CCCCCCCCCCN1CCCCC1CCC(=O)O. The summed E-state index contributed by atoms with van der Waals surface area (Å²) in [6, 6.07) is 0.527. The van der Waals surface area contributed by atoms with Crippen molar-refractivity contribution in [2.75, 3.05) is 13.1 Å². The molecule has 0 radical (unpaired) electrons. The van der Waals surface area contributed by atoms with Gasteiger partial charge in [-0.3, -0.25) is 4.79 Å². The topological polar surface area (TPSA) is 40.5 Å². The third-order valence-electron chi connectivity index (χ3n) is 4.74. The maximum atomic E-state index is 10.7. The van der Waals surface area contributed by atoms with Crippen LogP contribution in [0, 0.1) is 0 Å². The van der Waals surface area contributed by atoms with Gasteiger partial charge in [-0.1, -0.05) is 58.3 Å². The molecule has 0 aromatic rings. The zero-order valence-electron chi connectivity index (χ0n) is 14.0. The quantitative estimate of drug-likeness (QED) is 0.524. The highest BCUT2D eigenvalue weighted by Gasteiger charge is 2.22. The van der Waals surface area contributed by atoms with Crippen LogP contribution in [0.4, 0.5) is 0 Å². The minimum atomic E-state index is -0.646. The summed E-state index contributed by atoms with van der Waals surface area (Å²) in [6.07, 6.45) is 15.9. The first-order valence-electron chi connectivity index (χ1n) is 9.20. The van der Waals surface area contributed by atoms with Gasteiger partial charge in [0.2, 0.25) is 0 Å². The fourth-order valence-electron chi connectivity index (χ4n) is 3.42. The molecule has 3 heteroatoms. The van der Waals surface area contributed by atoms with Crippen LogP contribution in [-0.2, 0) is 4.79 Å². The molecular formula is C18H35NO2. The zero-order valence-corrected chi connectivity index (χ0v) is 14.0. The van der Waals surface area contributed by atoms with Crippen molar-refractivity contribution in [2.24, 2.45) is 0 Å². The molecule has 1 heterocycles. The van der Waals surface area contributed by atoms with E-state index in [1.165, 1.54) is 83.7 Å². The summed E-state index contributed by atoms with van der Waals surface area (Å²) < 4.78 is 0. The van der Waals surface area contributed by atoms with Crippen molar-refractivity contribution >= 4 is 5.97 Å². The predicted molar refractivity (Wildman–Crippen MR) is 88.7 cm³/mol. The summed E-state index contributed by atoms with van der Waals surface area (Å²) in [4.78, 5) is 13.3. The number of carbonyl (C=O) groups is 1. The van der Waals surface area contributed by atoms with Crippen molar-refractivity contribution < 1.29 is 9.90 Å². The number of likely N-dealkylation sites (tertiary alicyclic amines) is 1. The van der Waals surface area contributed by atoms with Crippen LogP contribution in [0.5, 0.6) is 0 Å². The van der Waals surface area contributed by atoms with E-state index in [0.717, 1.165) is 6.42 Å². The molecule has 1 rings (SSSR count). The molecule has 0 bridgehead atoms. The molecule has 1 fully saturated rings. The van der Waals surface area contributed by atoms with Crippen LogP contribution < -0.4 is 0 Å². The molecule has 1 atom stereocenters. The van der Waals surface area contributed by atoms with Gasteiger partial charge in [-0.2, -0.15) is 0 Å². The minimum absolute atomic E-state index is 0.332. The van der Waals surface area contributed by atoms with Crippen molar-refractivity contribution in [3.8, 4) is 0 Å². The second-order valence-corrected chi connectivity index (χ2v) is 6.59. The van der Waals surface area contributed by atoms with Gasteiger partial charge in [0.25, 0.3) is 0 Å². The third-order valence-corrected chi connectivity index (χ3v) is 4.74. The molecule has 1 aliphatic rings. The Morgan fingerprint density at radius 1 is 1.05 bits per heavy atom.